The van der Waals surface area contributed by atoms with E-state index in [-0.39, 0.29) is 0 Å². The summed E-state index contributed by atoms with van der Waals surface area (Å²) in [5, 5.41) is 0. The fraction of sp³-hybridized carbons (Fsp3) is 1.00. The van der Waals surface area contributed by atoms with E-state index in [2.05, 4.69) is 0 Å². The molecule has 0 heterocycles. The van der Waals surface area contributed by atoms with E-state index in [9.17, 15) is 3.83 Å². The van der Waals surface area contributed by atoms with Gasteiger partial charge in [-0.25, -0.2) is 0 Å². The van der Waals surface area contributed by atoms with Crippen LogP contribution in [0.5, 0.6) is 0 Å². The molecule has 4 heavy (non-hydrogen) atoms. The van der Waals surface area contributed by atoms with E-state index < -0.39 is 13.8 Å². The van der Waals surface area contributed by atoms with Crippen LogP contribution in [-0.2, 0) is 17.7 Å². The van der Waals surface area contributed by atoms with Gasteiger partial charge in [0, 0.05) is 0 Å². The zero-order chi connectivity index (χ0) is 3.58. The Morgan fingerprint density at radius 3 is 1.50 bits per heavy atom. The minimum absolute atomic E-state index is 1.00. The van der Waals surface area contributed by atoms with Crippen LogP contribution in [0, 0.1) is 0 Å². The van der Waals surface area contributed by atoms with Gasteiger partial charge in [-0.1, -0.05) is 0 Å². The van der Waals surface area contributed by atoms with E-state index in [0.29, 0.717) is 0 Å². The van der Waals surface area contributed by atoms with Crippen molar-refractivity contribution in [3.05, 3.63) is 0 Å². The standard InChI is InChI=1S/2CH3.Fe.O/h2*1H3;;. The number of rotatable bonds is 0. The molecule has 0 spiro atoms. The molecular weight excluding hydrogens is 95.9 g/mol. The van der Waals surface area contributed by atoms with Crippen molar-refractivity contribution in [3.8, 4) is 0 Å². The van der Waals surface area contributed by atoms with Crippen LogP contribution >= 0.6 is 0 Å². The van der Waals surface area contributed by atoms with E-state index in [4.69, 9.17) is 0 Å². The van der Waals surface area contributed by atoms with Gasteiger partial charge in [0.05, 0.1) is 0 Å². The van der Waals surface area contributed by atoms with Gasteiger partial charge in [-0.15, -0.1) is 0 Å². The first-order chi connectivity index (χ1) is 1.73. The van der Waals surface area contributed by atoms with Crippen molar-refractivity contribution in [1.29, 1.82) is 0 Å². The Balaban J connectivity index is 2.80. The Morgan fingerprint density at radius 1 is 1.50 bits per heavy atom. The Hall–Kier alpha value is 0.319. The Kier molecular flexibility index (Phi) is 1.75. The van der Waals surface area contributed by atoms with Crippen LogP contribution in [0.2, 0.25) is 11.6 Å². The van der Waals surface area contributed by atoms with Crippen LogP contribution < -0.4 is 0 Å². The monoisotopic (exact) mass is 102 g/mol. The van der Waals surface area contributed by atoms with Gasteiger partial charge in [0.25, 0.3) is 0 Å². The second-order valence-electron chi connectivity index (χ2n) is 0.642. The molecule has 0 fully saturated rings. The predicted octanol–water partition coefficient (Wildman–Crippen LogP) is 1.05. The van der Waals surface area contributed by atoms with E-state index in [1.807, 2.05) is 0 Å². The van der Waals surface area contributed by atoms with Crippen LogP contribution in [0.4, 0.5) is 0 Å². The first kappa shape index (κ1) is 4.32. The van der Waals surface area contributed by atoms with Crippen molar-refractivity contribution < 1.29 is 17.7 Å². The zero-order valence-corrected chi connectivity index (χ0v) is 3.87. The molecule has 0 aliphatic carbocycles. The van der Waals surface area contributed by atoms with E-state index in [1.165, 1.54) is 0 Å². The molecule has 0 atom stereocenters. The molecule has 0 radical (unpaired) electrons. The summed E-state index contributed by atoms with van der Waals surface area (Å²) in [6.45, 7) is 0. The van der Waals surface area contributed by atoms with Gasteiger partial charge < -0.3 is 0 Å². The van der Waals surface area contributed by atoms with Gasteiger partial charge in [-0.05, 0) is 0 Å². The maximum atomic E-state index is 9.61. The SMILES string of the molecule is [CH3][Fe]([CH3])=[O]. The molecule has 0 N–H and O–H groups in total. The number of hydrogen-bond donors (Lipinski definition) is 0. The fourth-order valence-electron chi connectivity index (χ4n) is 0. The van der Waals surface area contributed by atoms with Gasteiger partial charge in [0.1, 0.15) is 0 Å². The summed E-state index contributed by atoms with van der Waals surface area (Å²) >= 11 is -1.00. The maximum absolute atomic E-state index is 9.61. The molecule has 0 saturated carbocycles. The summed E-state index contributed by atoms with van der Waals surface area (Å²) in [5.41, 5.74) is 0. The molecule has 0 aliphatic rings. The third-order valence-corrected chi connectivity index (χ3v) is 0. The summed E-state index contributed by atoms with van der Waals surface area (Å²) in [6, 6.07) is 0. The van der Waals surface area contributed by atoms with E-state index in [1.54, 1.807) is 11.6 Å². The Bertz CT molecular complexity index is 29.0. The summed E-state index contributed by atoms with van der Waals surface area (Å²) in [7, 11) is 0. The minimum atomic E-state index is -1.00. The molecule has 2 heteroatoms. The first-order valence-corrected chi connectivity index (χ1v) is 3.51. The fourth-order valence-corrected chi connectivity index (χ4v) is 0. The van der Waals surface area contributed by atoms with Crippen LogP contribution in [0.1, 0.15) is 0 Å². The third kappa shape index (κ3) is 39.6. The molecular formula is C2H6FeO. The molecule has 0 aromatic rings. The summed E-state index contributed by atoms with van der Waals surface area (Å²) in [5.74, 6) is 3.39. The Labute approximate surface area is 30.1 Å². The molecule has 0 amide bonds. The van der Waals surface area contributed by atoms with Gasteiger partial charge in [0.2, 0.25) is 0 Å². The van der Waals surface area contributed by atoms with Crippen molar-refractivity contribution in [2.24, 2.45) is 0 Å². The first-order valence-electron chi connectivity index (χ1n) is 0.851. The quantitative estimate of drug-likeness (QED) is 0.417. The van der Waals surface area contributed by atoms with Crippen molar-refractivity contribution in [2.45, 2.75) is 11.6 Å². The molecule has 28 valence electrons. The topological polar surface area (TPSA) is 17.1 Å². The normalized spacial score (nSPS) is 11.0. The molecule has 0 aromatic carbocycles. The molecule has 0 unspecified atom stereocenters. The second-order valence-corrected chi connectivity index (χ2v) is 2.65. The predicted molar refractivity (Wildman–Crippen MR) is 12.4 cm³/mol. The van der Waals surface area contributed by atoms with Crippen molar-refractivity contribution in [2.75, 3.05) is 0 Å². The molecule has 0 aromatic heterocycles. The van der Waals surface area contributed by atoms with Gasteiger partial charge >= 0.3 is 29.3 Å². The molecule has 0 aliphatic heterocycles. The third-order valence-electron chi connectivity index (χ3n) is 0. The van der Waals surface area contributed by atoms with Crippen molar-refractivity contribution in [3.63, 3.8) is 0 Å². The second kappa shape index (κ2) is 1.62. The average molecular weight is 102 g/mol. The van der Waals surface area contributed by atoms with Gasteiger partial charge in [-0.2, -0.15) is 0 Å². The zero-order valence-electron chi connectivity index (χ0n) is 2.76. The van der Waals surface area contributed by atoms with Crippen LogP contribution in [0.15, 0.2) is 0 Å². The summed E-state index contributed by atoms with van der Waals surface area (Å²) in [6.07, 6.45) is 0. The van der Waals surface area contributed by atoms with E-state index in [0.717, 1.165) is 0 Å². The summed E-state index contributed by atoms with van der Waals surface area (Å²) in [4.78, 5) is 0. The summed E-state index contributed by atoms with van der Waals surface area (Å²) < 4.78 is 9.61. The van der Waals surface area contributed by atoms with Gasteiger partial charge in [0.15, 0.2) is 0 Å². The van der Waals surface area contributed by atoms with E-state index >= 15 is 0 Å². The van der Waals surface area contributed by atoms with Crippen molar-refractivity contribution >= 4 is 0 Å². The van der Waals surface area contributed by atoms with Gasteiger partial charge in [-0.3, -0.25) is 0 Å². The Morgan fingerprint density at radius 2 is 1.50 bits per heavy atom. The van der Waals surface area contributed by atoms with Crippen LogP contribution in [0.3, 0.4) is 0 Å². The molecule has 0 saturated heterocycles. The van der Waals surface area contributed by atoms with Crippen LogP contribution in [-0.4, -0.2) is 0 Å². The average Bonchev–Trinajstić information content (AvgIpc) is 0.811. The number of hydrogen-bond acceptors (Lipinski definition) is 1. The molecule has 1 nitrogen and oxygen atoms in total. The molecule has 0 rings (SSSR count). The van der Waals surface area contributed by atoms with Crippen molar-refractivity contribution in [1.82, 2.24) is 0 Å². The molecule has 0 bridgehead atoms. The van der Waals surface area contributed by atoms with Crippen LogP contribution in [0.25, 0.3) is 0 Å².